The number of aliphatic carboxylic acids is 1. The molecule has 1 aromatic heterocycles. The summed E-state index contributed by atoms with van der Waals surface area (Å²) in [5.41, 5.74) is 2.74. The van der Waals surface area contributed by atoms with Crippen molar-refractivity contribution in [2.24, 2.45) is 0 Å². The number of carboxylic acid groups (broad SMARTS) is 1. The molecule has 0 saturated carbocycles. The smallest absolute Gasteiger partial charge is 0.328 e. The molecule has 0 saturated heterocycles. The fraction of sp³-hybridized carbons (Fsp3) is 0.0833. The predicted molar refractivity (Wildman–Crippen MR) is 64.7 cm³/mol. The van der Waals surface area contributed by atoms with E-state index in [0.717, 1.165) is 28.2 Å². The molecule has 4 heteroatoms. The van der Waals surface area contributed by atoms with Crippen molar-refractivity contribution in [1.82, 2.24) is 4.98 Å². The van der Waals surface area contributed by atoms with Gasteiger partial charge in [-0.05, 0) is 31.2 Å². The van der Waals surface area contributed by atoms with Gasteiger partial charge in [0.25, 0.3) is 0 Å². The van der Waals surface area contributed by atoms with Crippen molar-refractivity contribution < 1.29 is 9.90 Å². The highest BCUT2D eigenvalue weighted by atomic mass is 35.5. The Kier molecular flexibility index (Phi) is 2.71. The molecule has 0 spiro atoms. The third-order valence-corrected chi connectivity index (χ3v) is 2.63. The van der Waals surface area contributed by atoms with Crippen molar-refractivity contribution >= 4 is 34.5 Å². The number of rotatable bonds is 2. The van der Waals surface area contributed by atoms with Gasteiger partial charge in [-0.2, -0.15) is 0 Å². The second-order valence-corrected chi connectivity index (χ2v) is 3.96. The number of nitrogens with one attached hydrogen (secondary N) is 1. The lowest BCUT2D eigenvalue weighted by Gasteiger charge is -1.93. The van der Waals surface area contributed by atoms with E-state index in [0.29, 0.717) is 5.02 Å². The van der Waals surface area contributed by atoms with Gasteiger partial charge in [-0.15, -0.1) is 0 Å². The van der Waals surface area contributed by atoms with E-state index in [4.69, 9.17) is 16.7 Å². The van der Waals surface area contributed by atoms with Crippen LogP contribution in [0.25, 0.3) is 17.0 Å². The summed E-state index contributed by atoms with van der Waals surface area (Å²) < 4.78 is 0. The molecule has 0 aliphatic carbocycles. The van der Waals surface area contributed by atoms with E-state index >= 15 is 0 Å². The first-order valence-electron chi connectivity index (χ1n) is 4.77. The Morgan fingerprint density at radius 3 is 2.94 bits per heavy atom. The normalized spacial score (nSPS) is 11.4. The minimum Gasteiger partial charge on any atom is -0.478 e. The third kappa shape index (κ3) is 1.95. The maximum absolute atomic E-state index is 10.5. The van der Waals surface area contributed by atoms with E-state index in [1.54, 1.807) is 12.1 Å². The van der Waals surface area contributed by atoms with Gasteiger partial charge in [0.15, 0.2) is 0 Å². The molecule has 0 radical (unpaired) electrons. The largest absolute Gasteiger partial charge is 0.478 e. The highest BCUT2D eigenvalue weighted by Crippen LogP contribution is 2.26. The fourth-order valence-electron chi connectivity index (χ4n) is 1.69. The average Bonchev–Trinajstić information content (AvgIpc) is 2.51. The zero-order valence-electron chi connectivity index (χ0n) is 8.62. The van der Waals surface area contributed by atoms with Gasteiger partial charge in [0.1, 0.15) is 0 Å². The van der Waals surface area contributed by atoms with E-state index in [1.807, 2.05) is 19.1 Å². The summed E-state index contributed by atoms with van der Waals surface area (Å²) >= 11 is 5.91. The number of benzene rings is 1. The van der Waals surface area contributed by atoms with Crippen LogP contribution in [-0.4, -0.2) is 16.1 Å². The van der Waals surface area contributed by atoms with Crippen LogP contribution in [0.15, 0.2) is 24.3 Å². The molecule has 0 aliphatic heterocycles. The number of H-pyrrole nitrogens is 1. The molecule has 0 amide bonds. The quantitative estimate of drug-likeness (QED) is 0.786. The molecule has 1 heterocycles. The van der Waals surface area contributed by atoms with Crippen LogP contribution in [0.4, 0.5) is 0 Å². The van der Waals surface area contributed by atoms with E-state index < -0.39 is 5.97 Å². The molecule has 2 aromatic rings. The predicted octanol–water partition coefficient (Wildman–Crippen LogP) is 3.23. The topological polar surface area (TPSA) is 53.1 Å². The number of aryl methyl sites for hydroxylation is 1. The van der Waals surface area contributed by atoms with E-state index in [-0.39, 0.29) is 0 Å². The van der Waals surface area contributed by atoms with Crippen LogP contribution in [0.2, 0.25) is 5.02 Å². The molecular weight excluding hydrogens is 226 g/mol. The molecule has 2 rings (SSSR count). The first kappa shape index (κ1) is 10.8. The minimum atomic E-state index is -0.962. The Hall–Kier alpha value is -1.74. The van der Waals surface area contributed by atoms with Crippen LogP contribution in [-0.2, 0) is 4.79 Å². The Morgan fingerprint density at radius 1 is 1.50 bits per heavy atom. The second-order valence-electron chi connectivity index (χ2n) is 3.53. The molecule has 3 nitrogen and oxygen atoms in total. The monoisotopic (exact) mass is 235 g/mol. The molecule has 0 bridgehead atoms. The number of fused-ring (bicyclic) bond motifs is 1. The summed E-state index contributed by atoms with van der Waals surface area (Å²) in [6, 6.07) is 5.50. The zero-order chi connectivity index (χ0) is 11.7. The molecule has 2 N–H and O–H groups in total. The second kappa shape index (κ2) is 4.02. The Morgan fingerprint density at radius 2 is 2.25 bits per heavy atom. The van der Waals surface area contributed by atoms with Crippen LogP contribution in [0.5, 0.6) is 0 Å². The maximum Gasteiger partial charge on any atom is 0.328 e. The van der Waals surface area contributed by atoms with E-state index in [2.05, 4.69) is 4.98 Å². The van der Waals surface area contributed by atoms with Crippen molar-refractivity contribution in [3.05, 3.63) is 40.6 Å². The van der Waals surface area contributed by atoms with Gasteiger partial charge in [-0.1, -0.05) is 11.6 Å². The van der Waals surface area contributed by atoms with Gasteiger partial charge in [0.05, 0.1) is 0 Å². The first-order chi connectivity index (χ1) is 7.58. The number of aromatic amines is 1. The molecule has 0 atom stereocenters. The molecule has 82 valence electrons. The average molecular weight is 236 g/mol. The Balaban J connectivity index is 2.62. The third-order valence-electron chi connectivity index (χ3n) is 2.39. The van der Waals surface area contributed by atoms with Crippen LogP contribution in [0.3, 0.4) is 0 Å². The van der Waals surface area contributed by atoms with Gasteiger partial charge in [0.2, 0.25) is 0 Å². The molecule has 0 unspecified atom stereocenters. The lowest BCUT2D eigenvalue weighted by atomic mass is 10.1. The van der Waals surface area contributed by atoms with Crippen molar-refractivity contribution in [3.8, 4) is 0 Å². The highest BCUT2D eigenvalue weighted by Gasteiger charge is 2.06. The van der Waals surface area contributed by atoms with Gasteiger partial charge in [-0.3, -0.25) is 0 Å². The van der Waals surface area contributed by atoms with Crippen LogP contribution in [0.1, 0.15) is 11.3 Å². The Bertz CT molecular complexity index is 584. The molecular formula is C12H10ClNO2. The number of carboxylic acids is 1. The SMILES string of the molecule is Cc1[nH]c2ccc(Cl)cc2c1/C=C/C(=O)O. The van der Waals surface area contributed by atoms with Crippen molar-refractivity contribution in [3.63, 3.8) is 0 Å². The standard InChI is InChI=1S/C12H10ClNO2/c1-7-9(3-5-12(15)16)10-6-8(13)2-4-11(10)14-7/h2-6,14H,1H3,(H,15,16)/b5-3+. The molecule has 16 heavy (non-hydrogen) atoms. The lowest BCUT2D eigenvalue weighted by molar-refractivity contribution is -0.131. The summed E-state index contributed by atoms with van der Waals surface area (Å²) in [7, 11) is 0. The maximum atomic E-state index is 10.5. The Labute approximate surface area is 97.4 Å². The number of carbonyl (C=O) groups is 1. The summed E-state index contributed by atoms with van der Waals surface area (Å²) in [5, 5.41) is 10.2. The van der Waals surface area contributed by atoms with Crippen LogP contribution < -0.4 is 0 Å². The minimum absolute atomic E-state index is 0.636. The highest BCUT2D eigenvalue weighted by molar-refractivity contribution is 6.31. The van der Waals surface area contributed by atoms with Gasteiger partial charge in [0, 0.05) is 33.3 Å². The van der Waals surface area contributed by atoms with Gasteiger partial charge >= 0.3 is 5.97 Å². The number of aromatic nitrogens is 1. The van der Waals surface area contributed by atoms with Crippen LogP contribution >= 0.6 is 11.6 Å². The lowest BCUT2D eigenvalue weighted by Crippen LogP contribution is -1.86. The number of hydrogen-bond acceptors (Lipinski definition) is 1. The van der Waals surface area contributed by atoms with Gasteiger partial charge in [-0.25, -0.2) is 4.79 Å². The van der Waals surface area contributed by atoms with Crippen LogP contribution in [0, 0.1) is 6.92 Å². The molecule has 0 aliphatic rings. The summed E-state index contributed by atoms with van der Waals surface area (Å²) in [6.07, 6.45) is 2.70. The van der Waals surface area contributed by atoms with Gasteiger partial charge < -0.3 is 10.1 Å². The molecule has 1 aromatic carbocycles. The summed E-state index contributed by atoms with van der Waals surface area (Å²) in [4.78, 5) is 13.7. The van der Waals surface area contributed by atoms with Crippen molar-refractivity contribution in [2.45, 2.75) is 6.92 Å². The molecule has 0 fully saturated rings. The van der Waals surface area contributed by atoms with Crippen molar-refractivity contribution in [1.29, 1.82) is 0 Å². The number of halogens is 1. The first-order valence-corrected chi connectivity index (χ1v) is 5.14. The van der Waals surface area contributed by atoms with Crippen molar-refractivity contribution in [2.75, 3.05) is 0 Å². The summed E-state index contributed by atoms with van der Waals surface area (Å²) in [5.74, 6) is -0.962. The van der Waals surface area contributed by atoms with E-state index in [9.17, 15) is 4.79 Å². The summed E-state index contributed by atoms with van der Waals surface area (Å²) in [6.45, 7) is 1.90. The fourth-order valence-corrected chi connectivity index (χ4v) is 1.86. The zero-order valence-corrected chi connectivity index (χ0v) is 9.38. The van der Waals surface area contributed by atoms with E-state index in [1.165, 1.54) is 0 Å². The number of hydrogen-bond donors (Lipinski definition) is 2.